The van der Waals surface area contributed by atoms with Gasteiger partial charge in [0, 0.05) is 25.0 Å². The summed E-state index contributed by atoms with van der Waals surface area (Å²) in [6, 6.07) is 14.7. The zero-order valence-electron chi connectivity index (χ0n) is 21.8. The van der Waals surface area contributed by atoms with Gasteiger partial charge in [0.2, 0.25) is 21.8 Å². The molecule has 2 amide bonds. The number of nitrogens with zero attached hydrogens (tertiary/aromatic N) is 2. The van der Waals surface area contributed by atoms with Gasteiger partial charge in [-0.3, -0.25) is 13.9 Å². The Morgan fingerprint density at radius 1 is 1.00 bits per heavy atom. The van der Waals surface area contributed by atoms with Crippen molar-refractivity contribution in [1.29, 1.82) is 0 Å². The summed E-state index contributed by atoms with van der Waals surface area (Å²) in [5.41, 5.74) is 0.544. The number of benzene rings is 2. The van der Waals surface area contributed by atoms with E-state index in [0.29, 0.717) is 19.4 Å². The molecule has 2 aromatic carbocycles. The first-order chi connectivity index (χ1) is 16.8. The maximum absolute atomic E-state index is 14.3. The van der Waals surface area contributed by atoms with Gasteiger partial charge in [0.05, 0.1) is 11.9 Å². The Morgan fingerprint density at radius 2 is 1.61 bits per heavy atom. The monoisotopic (exact) mass is 519 g/mol. The molecule has 0 aromatic heterocycles. The lowest BCUT2D eigenvalue weighted by atomic mass is 10.0. The summed E-state index contributed by atoms with van der Waals surface area (Å²) < 4.78 is 40.0. The van der Waals surface area contributed by atoms with Crippen LogP contribution in [0.1, 0.15) is 52.5 Å². The lowest BCUT2D eigenvalue weighted by Gasteiger charge is -2.33. The van der Waals surface area contributed by atoms with Crippen LogP contribution in [-0.2, 0) is 26.0 Å². The second-order valence-corrected chi connectivity index (χ2v) is 11.8. The van der Waals surface area contributed by atoms with Gasteiger partial charge >= 0.3 is 0 Å². The highest BCUT2D eigenvalue weighted by atomic mass is 32.2. The summed E-state index contributed by atoms with van der Waals surface area (Å²) >= 11 is 0. The van der Waals surface area contributed by atoms with Gasteiger partial charge in [0.25, 0.3) is 0 Å². The van der Waals surface area contributed by atoms with E-state index in [4.69, 9.17) is 0 Å². The van der Waals surface area contributed by atoms with E-state index in [1.807, 2.05) is 58.0 Å². The van der Waals surface area contributed by atoms with E-state index in [-0.39, 0.29) is 36.9 Å². The van der Waals surface area contributed by atoms with Crippen LogP contribution < -0.4 is 9.62 Å². The smallest absolute Gasteiger partial charge is 0.243 e. The molecular formula is C27H38FN3O4S. The Balaban J connectivity index is 2.19. The molecule has 0 radical (unpaired) electrons. The number of hydrogen-bond acceptors (Lipinski definition) is 4. The second kappa shape index (κ2) is 12.9. The van der Waals surface area contributed by atoms with Crippen LogP contribution in [0.3, 0.4) is 0 Å². The number of nitrogens with one attached hydrogen (secondary N) is 1. The van der Waals surface area contributed by atoms with E-state index in [9.17, 15) is 22.4 Å². The molecule has 0 unspecified atom stereocenters. The molecule has 0 heterocycles. The van der Waals surface area contributed by atoms with Crippen LogP contribution >= 0.6 is 0 Å². The molecule has 36 heavy (non-hydrogen) atoms. The Hall–Kier alpha value is -2.94. The fraction of sp³-hybridized carbons (Fsp3) is 0.481. The van der Waals surface area contributed by atoms with E-state index in [1.165, 1.54) is 18.2 Å². The average molecular weight is 520 g/mol. The molecule has 0 fully saturated rings. The topological polar surface area (TPSA) is 86.8 Å². The predicted molar refractivity (Wildman–Crippen MR) is 142 cm³/mol. The van der Waals surface area contributed by atoms with Crippen molar-refractivity contribution in [3.8, 4) is 0 Å². The molecule has 2 aromatic rings. The molecule has 0 aliphatic carbocycles. The molecule has 1 N–H and O–H groups in total. The number of halogens is 1. The molecule has 0 saturated heterocycles. The Morgan fingerprint density at radius 3 is 2.17 bits per heavy atom. The number of hydrogen-bond donors (Lipinski definition) is 1. The summed E-state index contributed by atoms with van der Waals surface area (Å²) in [4.78, 5) is 28.0. The van der Waals surface area contributed by atoms with Crippen molar-refractivity contribution in [2.45, 2.75) is 65.0 Å². The van der Waals surface area contributed by atoms with Crippen molar-refractivity contribution < 1.29 is 22.4 Å². The number of rotatable bonds is 12. The van der Waals surface area contributed by atoms with Gasteiger partial charge in [-0.1, -0.05) is 49.4 Å². The Bertz CT molecular complexity index is 1120. The van der Waals surface area contributed by atoms with Crippen LogP contribution in [-0.4, -0.2) is 56.1 Å². The number of para-hydroxylation sites is 1. The summed E-state index contributed by atoms with van der Waals surface area (Å²) in [7, 11) is -3.76. The molecule has 198 valence electrons. The number of amides is 2. The van der Waals surface area contributed by atoms with E-state index < -0.39 is 27.4 Å². The normalized spacial score (nSPS) is 12.6. The lowest BCUT2D eigenvalue weighted by Crippen LogP contribution is -2.54. The van der Waals surface area contributed by atoms with Gasteiger partial charge in [-0.25, -0.2) is 12.8 Å². The minimum Gasteiger partial charge on any atom is -0.350 e. The largest absolute Gasteiger partial charge is 0.350 e. The van der Waals surface area contributed by atoms with Crippen LogP contribution in [0.25, 0.3) is 0 Å². The maximum atomic E-state index is 14.3. The number of carbonyl (C=O) groups excluding carboxylic acids is 2. The minimum atomic E-state index is -3.76. The molecule has 0 aliphatic heterocycles. The van der Waals surface area contributed by atoms with Gasteiger partial charge in [-0.15, -0.1) is 0 Å². The van der Waals surface area contributed by atoms with Crippen molar-refractivity contribution >= 4 is 27.5 Å². The number of sulfonamides is 1. The third-order valence-corrected chi connectivity index (χ3v) is 6.82. The van der Waals surface area contributed by atoms with Crippen molar-refractivity contribution in [3.05, 3.63) is 66.0 Å². The van der Waals surface area contributed by atoms with Gasteiger partial charge in [-0.05, 0) is 57.7 Å². The van der Waals surface area contributed by atoms with Crippen LogP contribution in [0.2, 0.25) is 0 Å². The van der Waals surface area contributed by atoms with Crippen LogP contribution in [0.5, 0.6) is 0 Å². The molecular weight excluding hydrogens is 481 g/mol. The van der Waals surface area contributed by atoms with Crippen molar-refractivity contribution in [3.63, 3.8) is 0 Å². The van der Waals surface area contributed by atoms with Crippen LogP contribution in [0, 0.1) is 5.82 Å². The Labute approximate surface area is 214 Å². The maximum Gasteiger partial charge on any atom is 0.243 e. The lowest BCUT2D eigenvalue weighted by molar-refractivity contribution is -0.141. The van der Waals surface area contributed by atoms with E-state index in [0.717, 1.165) is 16.1 Å². The first kappa shape index (κ1) is 29.3. The first-order valence-corrected chi connectivity index (χ1v) is 14.1. The van der Waals surface area contributed by atoms with Crippen molar-refractivity contribution in [2.75, 3.05) is 23.7 Å². The highest BCUT2D eigenvalue weighted by Gasteiger charge is 2.30. The average Bonchev–Trinajstić information content (AvgIpc) is 2.78. The third-order valence-electron chi connectivity index (χ3n) is 5.64. The molecule has 0 saturated carbocycles. The molecule has 1 atom stereocenters. The van der Waals surface area contributed by atoms with Crippen molar-refractivity contribution in [2.24, 2.45) is 0 Å². The highest BCUT2D eigenvalue weighted by molar-refractivity contribution is 7.92. The molecule has 9 heteroatoms. The molecule has 0 aliphatic rings. The highest BCUT2D eigenvalue weighted by Crippen LogP contribution is 2.22. The molecule has 7 nitrogen and oxygen atoms in total. The van der Waals surface area contributed by atoms with Gasteiger partial charge in [0.15, 0.2) is 0 Å². The second-order valence-electron chi connectivity index (χ2n) is 9.88. The quantitative estimate of drug-likeness (QED) is 0.457. The summed E-state index contributed by atoms with van der Waals surface area (Å²) in [6.45, 7) is 7.81. The van der Waals surface area contributed by atoms with Gasteiger partial charge in [0.1, 0.15) is 11.9 Å². The van der Waals surface area contributed by atoms with Crippen molar-refractivity contribution in [1.82, 2.24) is 10.2 Å². The summed E-state index contributed by atoms with van der Waals surface area (Å²) in [5.74, 6) is -1.12. The molecule has 0 spiro atoms. The summed E-state index contributed by atoms with van der Waals surface area (Å²) in [6.07, 6.45) is 2.23. The first-order valence-electron chi connectivity index (χ1n) is 12.2. The molecule has 0 bridgehead atoms. The minimum absolute atomic E-state index is 0.0224. The zero-order valence-corrected chi connectivity index (χ0v) is 22.6. The Kier molecular flexibility index (Phi) is 10.5. The van der Waals surface area contributed by atoms with Crippen LogP contribution in [0.15, 0.2) is 54.6 Å². The third kappa shape index (κ3) is 8.93. The van der Waals surface area contributed by atoms with E-state index >= 15 is 0 Å². The number of anilines is 1. The van der Waals surface area contributed by atoms with Gasteiger partial charge in [-0.2, -0.15) is 0 Å². The van der Waals surface area contributed by atoms with Crippen LogP contribution in [0.4, 0.5) is 10.1 Å². The predicted octanol–water partition coefficient (Wildman–Crippen LogP) is 4.14. The fourth-order valence-electron chi connectivity index (χ4n) is 3.99. The standard InChI is InChI=1S/C27H38FN3O4S/c1-6-23(26(33)29-27(2,3)4)30(20-18-21-13-8-7-9-14-21)25(32)17-12-19-31(36(5,34)35)24-16-11-10-15-22(24)28/h7-11,13-16,23H,6,12,17-20H2,1-5H3,(H,29,33)/t23-/m0/s1. The zero-order chi connectivity index (χ0) is 26.9. The van der Waals surface area contributed by atoms with Gasteiger partial charge < -0.3 is 10.2 Å². The SMILES string of the molecule is CC[C@@H](C(=O)NC(C)(C)C)N(CCc1ccccc1)C(=O)CCCN(c1ccccc1F)S(C)(=O)=O. The number of carbonyl (C=O) groups is 2. The summed E-state index contributed by atoms with van der Waals surface area (Å²) in [5, 5.41) is 2.96. The van der Waals surface area contributed by atoms with E-state index in [1.54, 1.807) is 11.0 Å². The molecule has 2 rings (SSSR count). The van der Waals surface area contributed by atoms with E-state index in [2.05, 4.69) is 5.32 Å². The fourth-order valence-corrected chi connectivity index (χ4v) is 4.95.